The van der Waals surface area contributed by atoms with Crippen molar-refractivity contribution in [3.8, 4) is 0 Å². The lowest BCUT2D eigenvalue weighted by Crippen LogP contribution is -2.26. The van der Waals surface area contributed by atoms with Gasteiger partial charge in [-0.2, -0.15) is 0 Å². The molecular formula is C19H31N. The predicted molar refractivity (Wildman–Crippen MR) is 88.1 cm³/mol. The minimum absolute atomic E-state index is 0.249. The van der Waals surface area contributed by atoms with Crippen LogP contribution in [0.1, 0.15) is 77.0 Å². The van der Waals surface area contributed by atoms with Gasteiger partial charge < -0.3 is 5.32 Å². The standard InChI is InChI=1S/C19H31N/c1-5-13-20-18(14-15-7-6-8-15)16-9-11-17(12-10-16)19(2,3)4/h9-12,15,18,20H,5-8,13-14H2,1-4H3. The molecule has 0 aliphatic heterocycles. The summed E-state index contributed by atoms with van der Waals surface area (Å²) < 4.78 is 0. The molecule has 0 radical (unpaired) electrons. The fraction of sp³-hybridized carbons (Fsp3) is 0.684. The van der Waals surface area contributed by atoms with Gasteiger partial charge in [0.25, 0.3) is 0 Å². The average Bonchev–Trinajstić information content (AvgIpc) is 2.36. The monoisotopic (exact) mass is 273 g/mol. The van der Waals surface area contributed by atoms with E-state index in [0.717, 1.165) is 12.5 Å². The Morgan fingerprint density at radius 1 is 1.15 bits per heavy atom. The second-order valence-corrected chi connectivity index (χ2v) is 7.41. The predicted octanol–water partition coefficient (Wildman–Crippen LogP) is 5.22. The van der Waals surface area contributed by atoms with Crippen molar-refractivity contribution in [2.24, 2.45) is 5.92 Å². The number of hydrogen-bond donors (Lipinski definition) is 1. The van der Waals surface area contributed by atoms with Crippen molar-refractivity contribution in [1.29, 1.82) is 0 Å². The van der Waals surface area contributed by atoms with E-state index in [2.05, 4.69) is 57.3 Å². The Balaban J connectivity index is 2.06. The maximum Gasteiger partial charge on any atom is 0.0322 e. The quantitative estimate of drug-likeness (QED) is 0.749. The molecular weight excluding hydrogens is 242 g/mol. The number of benzene rings is 1. The van der Waals surface area contributed by atoms with Gasteiger partial charge >= 0.3 is 0 Å². The molecule has 112 valence electrons. The first-order chi connectivity index (χ1) is 9.50. The number of nitrogens with one attached hydrogen (secondary N) is 1. The Labute approximate surface area is 125 Å². The smallest absolute Gasteiger partial charge is 0.0322 e. The number of rotatable bonds is 6. The maximum atomic E-state index is 3.74. The molecule has 0 aromatic heterocycles. The van der Waals surface area contributed by atoms with Crippen LogP contribution >= 0.6 is 0 Å². The highest BCUT2D eigenvalue weighted by atomic mass is 14.9. The van der Waals surface area contributed by atoms with Crippen molar-refractivity contribution in [3.05, 3.63) is 35.4 Å². The highest BCUT2D eigenvalue weighted by Gasteiger charge is 2.23. The van der Waals surface area contributed by atoms with Gasteiger partial charge in [0.2, 0.25) is 0 Å². The Bertz CT molecular complexity index is 395. The van der Waals surface area contributed by atoms with E-state index in [-0.39, 0.29) is 5.41 Å². The summed E-state index contributed by atoms with van der Waals surface area (Å²) in [7, 11) is 0. The lowest BCUT2D eigenvalue weighted by atomic mass is 9.79. The molecule has 1 atom stereocenters. The fourth-order valence-corrected chi connectivity index (χ4v) is 2.93. The van der Waals surface area contributed by atoms with Crippen LogP contribution in [0.4, 0.5) is 0 Å². The first kappa shape index (κ1) is 15.6. The molecule has 1 saturated carbocycles. The van der Waals surface area contributed by atoms with E-state index < -0.39 is 0 Å². The minimum Gasteiger partial charge on any atom is -0.310 e. The van der Waals surface area contributed by atoms with Crippen molar-refractivity contribution in [2.75, 3.05) is 6.54 Å². The van der Waals surface area contributed by atoms with Crippen LogP contribution in [-0.4, -0.2) is 6.54 Å². The Kier molecular flexibility index (Phi) is 5.26. The van der Waals surface area contributed by atoms with Gasteiger partial charge in [-0.15, -0.1) is 0 Å². The molecule has 0 saturated heterocycles. The highest BCUT2D eigenvalue weighted by molar-refractivity contribution is 5.29. The van der Waals surface area contributed by atoms with Gasteiger partial charge in [0.05, 0.1) is 0 Å². The third kappa shape index (κ3) is 4.09. The molecule has 1 aromatic rings. The lowest BCUT2D eigenvalue weighted by molar-refractivity contribution is 0.261. The van der Waals surface area contributed by atoms with E-state index in [1.54, 1.807) is 0 Å². The summed E-state index contributed by atoms with van der Waals surface area (Å²) >= 11 is 0. The van der Waals surface area contributed by atoms with E-state index in [4.69, 9.17) is 0 Å². The van der Waals surface area contributed by atoms with Gasteiger partial charge in [-0.05, 0) is 41.8 Å². The summed E-state index contributed by atoms with van der Waals surface area (Å²) in [5.41, 5.74) is 3.15. The summed E-state index contributed by atoms with van der Waals surface area (Å²) in [6.07, 6.45) is 6.83. The largest absolute Gasteiger partial charge is 0.310 e. The van der Waals surface area contributed by atoms with Crippen LogP contribution in [0.25, 0.3) is 0 Å². The van der Waals surface area contributed by atoms with Gasteiger partial charge in [0.15, 0.2) is 0 Å². The summed E-state index contributed by atoms with van der Waals surface area (Å²) in [6.45, 7) is 10.2. The van der Waals surface area contributed by atoms with Gasteiger partial charge in [-0.3, -0.25) is 0 Å². The minimum atomic E-state index is 0.249. The zero-order valence-corrected chi connectivity index (χ0v) is 13.7. The van der Waals surface area contributed by atoms with Crippen molar-refractivity contribution >= 4 is 0 Å². The van der Waals surface area contributed by atoms with Crippen molar-refractivity contribution in [3.63, 3.8) is 0 Å². The van der Waals surface area contributed by atoms with Crippen LogP contribution < -0.4 is 5.32 Å². The first-order valence-corrected chi connectivity index (χ1v) is 8.34. The molecule has 1 aliphatic rings. The van der Waals surface area contributed by atoms with Crippen LogP contribution in [0.5, 0.6) is 0 Å². The summed E-state index contributed by atoms with van der Waals surface area (Å²) in [5.74, 6) is 0.951. The Hall–Kier alpha value is -0.820. The van der Waals surface area contributed by atoms with Crippen molar-refractivity contribution < 1.29 is 0 Å². The fourth-order valence-electron chi connectivity index (χ4n) is 2.93. The van der Waals surface area contributed by atoms with Gasteiger partial charge in [-0.25, -0.2) is 0 Å². The van der Waals surface area contributed by atoms with E-state index in [1.807, 2.05) is 0 Å². The molecule has 1 N–H and O–H groups in total. The van der Waals surface area contributed by atoms with Crippen LogP contribution in [-0.2, 0) is 5.41 Å². The molecule has 1 nitrogen and oxygen atoms in total. The highest BCUT2D eigenvalue weighted by Crippen LogP contribution is 2.35. The summed E-state index contributed by atoms with van der Waals surface area (Å²) in [6, 6.07) is 9.86. The molecule has 1 unspecified atom stereocenters. The van der Waals surface area contributed by atoms with Crippen LogP contribution in [0.2, 0.25) is 0 Å². The van der Waals surface area contributed by atoms with Crippen LogP contribution in [0.15, 0.2) is 24.3 Å². The first-order valence-electron chi connectivity index (χ1n) is 8.34. The molecule has 0 bridgehead atoms. The van der Waals surface area contributed by atoms with Crippen LogP contribution in [0, 0.1) is 5.92 Å². The van der Waals surface area contributed by atoms with E-state index in [9.17, 15) is 0 Å². The SMILES string of the molecule is CCCNC(CC1CCC1)c1ccc(C(C)(C)C)cc1. The van der Waals surface area contributed by atoms with Crippen LogP contribution in [0.3, 0.4) is 0 Å². The normalized spacial score (nSPS) is 17.8. The molecule has 1 fully saturated rings. The van der Waals surface area contributed by atoms with Gasteiger partial charge in [0, 0.05) is 6.04 Å². The second kappa shape index (κ2) is 6.76. The molecule has 2 rings (SSSR count). The zero-order valence-electron chi connectivity index (χ0n) is 13.7. The average molecular weight is 273 g/mol. The van der Waals surface area contributed by atoms with E-state index in [1.165, 1.54) is 43.2 Å². The topological polar surface area (TPSA) is 12.0 Å². The number of hydrogen-bond acceptors (Lipinski definition) is 1. The maximum absolute atomic E-state index is 3.74. The second-order valence-electron chi connectivity index (χ2n) is 7.41. The third-order valence-corrected chi connectivity index (χ3v) is 4.61. The summed E-state index contributed by atoms with van der Waals surface area (Å²) in [4.78, 5) is 0. The molecule has 0 heterocycles. The molecule has 1 heteroatoms. The Morgan fingerprint density at radius 2 is 1.80 bits per heavy atom. The van der Waals surface area contributed by atoms with Crippen molar-refractivity contribution in [1.82, 2.24) is 5.32 Å². The third-order valence-electron chi connectivity index (χ3n) is 4.61. The van der Waals surface area contributed by atoms with Crippen molar-refractivity contribution in [2.45, 2.75) is 71.3 Å². The Morgan fingerprint density at radius 3 is 2.25 bits per heavy atom. The zero-order chi connectivity index (χ0) is 14.6. The molecule has 0 amide bonds. The van der Waals surface area contributed by atoms with Gasteiger partial charge in [-0.1, -0.05) is 71.2 Å². The molecule has 0 spiro atoms. The molecule has 1 aliphatic carbocycles. The van der Waals surface area contributed by atoms with E-state index in [0.29, 0.717) is 6.04 Å². The molecule has 1 aromatic carbocycles. The molecule has 20 heavy (non-hydrogen) atoms. The summed E-state index contributed by atoms with van der Waals surface area (Å²) in [5, 5.41) is 3.74. The lowest BCUT2D eigenvalue weighted by Gasteiger charge is -2.31. The van der Waals surface area contributed by atoms with Gasteiger partial charge in [0.1, 0.15) is 0 Å². The van der Waals surface area contributed by atoms with E-state index >= 15 is 0 Å².